The molecule has 0 bridgehead atoms. The third-order valence-electron chi connectivity index (χ3n) is 3.40. The maximum atomic E-state index is 5.71. The summed E-state index contributed by atoms with van der Waals surface area (Å²) in [7, 11) is 0. The van der Waals surface area contributed by atoms with Crippen molar-refractivity contribution in [2.45, 2.75) is 45.6 Å². The summed E-state index contributed by atoms with van der Waals surface area (Å²) in [6.07, 6.45) is 6.59. The third kappa shape index (κ3) is 4.06. The van der Waals surface area contributed by atoms with E-state index in [0.29, 0.717) is 6.10 Å². The molecule has 1 aromatic rings. The van der Waals surface area contributed by atoms with Crippen LogP contribution in [0.5, 0.6) is 0 Å². The van der Waals surface area contributed by atoms with Crippen LogP contribution in [0.1, 0.15) is 38.2 Å². The van der Waals surface area contributed by atoms with Gasteiger partial charge in [0.05, 0.1) is 6.10 Å². The van der Waals surface area contributed by atoms with E-state index in [1.54, 1.807) is 6.33 Å². The Morgan fingerprint density at radius 2 is 2.05 bits per heavy atom. The summed E-state index contributed by atoms with van der Waals surface area (Å²) in [6, 6.07) is 0. The van der Waals surface area contributed by atoms with E-state index in [-0.39, 0.29) is 0 Å². The van der Waals surface area contributed by atoms with E-state index in [1.807, 2.05) is 6.92 Å². The number of nitrogens with zero attached hydrogens (tertiary/aromatic N) is 2. The van der Waals surface area contributed by atoms with Gasteiger partial charge in [-0.25, -0.2) is 9.97 Å². The van der Waals surface area contributed by atoms with Gasteiger partial charge in [-0.15, -0.1) is 0 Å². The molecule has 106 valence electrons. The Labute approximate surface area is 115 Å². The number of hydrogen-bond acceptors (Lipinski definition) is 5. The topological polar surface area (TPSA) is 59.1 Å². The van der Waals surface area contributed by atoms with Gasteiger partial charge in [-0.05, 0) is 32.6 Å². The number of anilines is 2. The standard InChI is InChI=1S/C14H24N4O/c1-3-7-15-13-11(2)14(18-10-17-13)16-9-12-6-4-5-8-19-12/h10,12H,3-9H2,1-2H3,(H2,15,16,17,18). The van der Waals surface area contributed by atoms with Crippen LogP contribution >= 0.6 is 0 Å². The molecule has 0 aliphatic carbocycles. The van der Waals surface area contributed by atoms with Gasteiger partial charge in [-0.3, -0.25) is 0 Å². The highest BCUT2D eigenvalue weighted by Crippen LogP contribution is 2.19. The van der Waals surface area contributed by atoms with Gasteiger partial charge in [0.25, 0.3) is 0 Å². The molecule has 2 rings (SSSR count). The van der Waals surface area contributed by atoms with Gasteiger partial charge in [0.2, 0.25) is 0 Å². The van der Waals surface area contributed by atoms with E-state index in [0.717, 1.165) is 49.7 Å². The molecule has 0 radical (unpaired) electrons. The van der Waals surface area contributed by atoms with E-state index < -0.39 is 0 Å². The maximum Gasteiger partial charge on any atom is 0.134 e. The summed E-state index contributed by atoms with van der Waals surface area (Å²) < 4.78 is 5.71. The highest BCUT2D eigenvalue weighted by molar-refractivity contribution is 5.56. The molecule has 1 fully saturated rings. The van der Waals surface area contributed by atoms with Crippen molar-refractivity contribution in [2.24, 2.45) is 0 Å². The average molecular weight is 264 g/mol. The second-order valence-electron chi connectivity index (χ2n) is 4.99. The predicted molar refractivity (Wildman–Crippen MR) is 77.6 cm³/mol. The molecule has 2 N–H and O–H groups in total. The lowest BCUT2D eigenvalue weighted by molar-refractivity contribution is 0.0247. The Hall–Kier alpha value is -1.36. The summed E-state index contributed by atoms with van der Waals surface area (Å²) in [5, 5.41) is 6.70. The minimum Gasteiger partial charge on any atom is -0.376 e. The molecule has 2 heterocycles. The van der Waals surface area contributed by atoms with Crippen molar-refractivity contribution in [3.8, 4) is 0 Å². The van der Waals surface area contributed by atoms with Crippen molar-refractivity contribution in [1.29, 1.82) is 0 Å². The Morgan fingerprint density at radius 3 is 2.74 bits per heavy atom. The average Bonchev–Trinajstić information content (AvgIpc) is 2.46. The first-order chi connectivity index (χ1) is 9.31. The van der Waals surface area contributed by atoms with E-state index in [2.05, 4.69) is 27.5 Å². The largest absolute Gasteiger partial charge is 0.376 e. The summed E-state index contributed by atoms with van der Waals surface area (Å²) in [5.41, 5.74) is 1.08. The molecule has 5 heteroatoms. The molecular formula is C14H24N4O. The minimum absolute atomic E-state index is 0.315. The Bertz CT molecular complexity index is 391. The molecule has 1 saturated heterocycles. The first-order valence-corrected chi connectivity index (χ1v) is 7.22. The Kier molecular flexibility index (Phi) is 5.39. The maximum absolute atomic E-state index is 5.71. The zero-order valence-corrected chi connectivity index (χ0v) is 11.9. The molecule has 19 heavy (non-hydrogen) atoms. The second kappa shape index (κ2) is 7.28. The lowest BCUT2D eigenvalue weighted by Gasteiger charge is -2.23. The van der Waals surface area contributed by atoms with E-state index >= 15 is 0 Å². The normalized spacial score (nSPS) is 19.2. The van der Waals surface area contributed by atoms with Gasteiger partial charge >= 0.3 is 0 Å². The lowest BCUT2D eigenvalue weighted by atomic mass is 10.1. The number of aromatic nitrogens is 2. The molecule has 1 unspecified atom stereocenters. The third-order valence-corrected chi connectivity index (χ3v) is 3.40. The molecule has 0 saturated carbocycles. The van der Waals surface area contributed by atoms with Crippen LogP contribution in [0.4, 0.5) is 11.6 Å². The lowest BCUT2D eigenvalue weighted by Crippen LogP contribution is -2.27. The van der Waals surface area contributed by atoms with Crippen molar-refractivity contribution in [2.75, 3.05) is 30.3 Å². The monoisotopic (exact) mass is 264 g/mol. The van der Waals surface area contributed by atoms with Crippen LogP contribution < -0.4 is 10.6 Å². The predicted octanol–water partition coefficient (Wildman–Crippen LogP) is 2.59. The molecule has 1 aliphatic heterocycles. The molecule has 0 spiro atoms. The van der Waals surface area contributed by atoms with Gasteiger partial charge in [0, 0.05) is 25.3 Å². The SMILES string of the molecule is CCCNc1ncnc(NCC2CCCCO2)c1C. The fraction of sp³-hybridized carbons (Fsp3) is 0.714. The van der Waals surface area contributed by atoms with Crippen molar-refractivity contribution in [3.63, 3.8) is 0 Å². The molecule has 1 aliphatic rings. The molecule has 0 aromatic carbocycles. The van der Waals surface area contributed by atoms with Crippen molar-refractivity contribution >= 4 is 11.6 Å². The van der Waals surface area contributed by atoms with Gasteiger partial charge in [-0.2, -0.15) is 0 Å². The molecule has 1 atom stereocenters. The summed E-state index contributed by atoms with van der Waals surface area (Å²) in [5.74, 6) is 1.83. The van der Waals surface area contributed by atoms with Crippen molar-refractivity contribution in [1.82, 2.24) is 9.97 Å². The zero-order valence-electron chi connectivity index (χ0n) is 11.9. The Morgan fingerprint density at radius 1 is 1.26 bits per heavy atom. The molecular weight excluding hydrogens is 240 g/mol. The van der Waals surface area contributed by atoms with Crippen molar-refractivity contribution in [3.05, 3.63) is 11.9 Å². The summed E-state index contributed by atoms with van der Waals surface area (Å²) in [6.45, 7) is 6.83. The van der Waals surface area contributed by atoms with Gasteiger partial charge in [0.15, 0.2) is 0 Å². The number of nitrogens with one attached hydrogen (secondary N) is 2. The number of hydrogen-bond donors (Lipinski definition) is 2. The number of rotatable bonds is 6. The van der Waals surface area contributed by atoms with E-state index in [1.165, 1.54) is 12.8 Å². The second-order valence-corrected chi connectivity index (χ2v) is 4.99. The highest BCUT2D eigenvalue weighted by atomic mass is 16.5. The minimum atomic E-state index is 0.315. The van der Waals surface area contributed by atoms with Crippen LogP contribution in [0.15, 0.2) is 6.33 Å². The highest BCUT2D eigenvalue weighted by Gasteiger charge is 2.14. The summed E-state index contributed by atoms with van der Waals surface area (Å²) in [4.78, 5) is 8.59. The fourth-order valence-electron chi connectivity index (χ4n) is 2.23. The van der Waals surface area contributed by atoms with Crippen molar-refractivity contribution < 1.29 is 4.74 Å². The smallest absolute Gasteiger partial charge is 0.134 e. The molecule has 0 amide bonds. The molecule has 1 aromatic heterocycles. The first kappa shape index (κ1) is 14.1. The van der Waals surface area contributed by atoms with Crippen LogP contribution in [0.2, 0.25) is 0 Å². The first-order valence-electron chi connectivity index (χ1n) is 7.22. The Balaban J connectivity index is 1.91. The molecule has 5 nitrogen and oxygen atoms in total. The van der Waals surface area contributed by atoms with E-state index in [9.17, 15) is 0 Å². The summed E-state index contributed by atoms with van der Waals surface area (Å²) >= 11 is 0. The van der Waals surface area contributed by atoms with Gasteiger partial charge in [0.1, 0.15) is 18.0 Å². The quantitative estimate of drug-likeness (QED) is 0.827. The van der Waals surface area contributed by atoms with Gasteiger partial charge in [-0.1, -0.05) is 6.92 Å². The zero-order chi connectivity index (χ0) is 13.5. The fourth-order valence-corrected chi connectivity index (χ4v) is 2.23. The number of ether oxygens (including phenoxy) is 1. The van der Waals surface area contributed by atoms with Crippen LogP contribution in [-0.2, 0) is 4.74 Å². The van der Waals surface area contributed by atoms with Crippen LogP contribution in [0.25, 0.3) is 0 Å². The van der Waals surface area contributed by atoms with Crippen LogP contribution in [0.3, 0.4) is 0 Å². The van der Waals surface area contributed by atoms with Crippen LogP contribution in [-0.4, -0.2) is 35.8 Å². The van der Waals surface area contributed by atoms with E-state index in [4.69, 9.17) is 4.74 Å². The van der Waals surface area contributed by atoms with Gasteiger partial charge < -0.3 is 15.4 Å². The van der Waals surface area contributed by atoms with Crippen LogP contribution in [0, 0.1) is 6.92 Å².